The van der Waals surface area contributed by atoms with Crippen LogP contribution in [-0.4, -0.2) is 26.3 Å². The molecule has 0 saturated carbocycles. The van der Waals surface area contributed by atoms with Crippen molar-refractivity contribution in [2.45, 2.75) is 49.9 Å². The van der Waals surface area contributed by atoms with E-state index in [0.29, 0.717) is 15.7 Å². The summed E-state index contributed by atoms with van der Waals surface area (Å²) in [6.45, 7) is 3.29. The number of carbonyl (C=O) groups excluding carboxylic acids is 1. The van der Waals surface area contributed by atoms with Crippen LogP contribution in [0.4, 0.5) is 5.00 Å². The third-order valence-electron chi connectivity index (χ3n) is 4.02. The second kappa shape index (κ2) is 7.37. The van der Waals surface area contributed by atoms with E-state index in [1.54, 1.807) is 13.8 Å². The predicted molar refractivity (Wildman–Crippen MR) is 97.0 cm³/mol. The van der Waals surface area contributed by atoms with Gasteiger partial charge < -0.3 is 5.32 Å². The van der Waals surface area contributed by atoms with Gasteiger partial charge in [-0.15, -0.1) is 21.5 Å². The van der Waals surface area contributed by atoms with Crippen LogP contribution in [0, 0.1) is 18.3 Å². The van der Waals surface area contributed by atoms with E-state index in [9.17, 15) is 14.9 Å². The van der Waals surface area contributed by atoms with Gasteiger partial charge in [-0.3, -0.25) is 14.6 Å². The highest BCUT2D eigenvalue weighted by molar-refractivity contribution is 8.00. The Morgan fingerprint density at radius 2 is 2.16 bits per heavy atom. The Balaban J connectivity index is 1.73. The highest BCUT2D eigenvalue weighted by atomic mass is 32.2. The Bertz CT molecular complexity index is 912. The summed E-state index contributed by atoms with van der Waals surface area (Å²) in [5.74, 6) is -0.233. The zero-order valence-corrected chi connectivity index (χ0v) is 15.5. The molecule has 0 spiro atoms. The van der Waals surface area contributed by atoms with Gasteiger partial charge in [0.1, 0.15) is 16.8 Å². The van der Waals surface area contributed by atoms with Crippen LogP contribution in [0.5, 0.6) is 0 Å². The maximum absolute atomic E-state index is 12.5. The van der Waals surface area contributed by atoms with Crippen molar-refractivity contribution in [2.75, 3.05) is 5.32 Å². The first kappa shape index (κ1) is 17.6. The molecular weight excluding hydrogens is 358 g/mol. The number of nitriles is 1. The number of aryl methyl sites for hydroxylation is 2. The monoisotopic (exact) mass is 375 g/mol. The molecule has 1 atom stereocenters. The van der Waals surface area contributed by atoms with Gasteiger partial charge in [-0.05, 0) is 45.1 Å². The van der Waals surface area contributed by atoms with Gasteiger partial charge in [0.05, 0.1) is 10.8 Å². The van der Waals surface area contributed by atoms with Crippen molar-refractivity contribution in [2.24, 2.45) is 0 Å². The number of thiophene rings is 1. The van der Waals surface area contributed by atoms with Crippen molar-refractivity contribution in [3.05, 3.63) is 32.1 Å². The van der Waals surface area contributed by atoms with Crippen molar-refractivity contribution in [3.8, 4) is 6.07 Å². The molecular formula is C16H17N5O2S2. The van der Waals surface area contributed by atoms with E-state index in [1.807, 2.05) is 0 Å². The maximum Gasteiger partial charge on any atom is 0.273 e. The summed E-state index contributed by atoms with van der Waals surface area (Å²) in [4.78, 5) is 27.8. The van der Waals surface area contributed by atoms with Crippen molar-refractivity contribution in [1.29, 1.82) is 5.26 Å². The van der Waals surface area contributed by atoms with E-state index in [0.717, 1.165) is 43.0 Å². The molecule has 25 heavy (non-hydrogen) atoms. The number of nitrogens with one attached hydrogen (secondary N) is 2. The molecule has 3 rings (SSSR count). The van der Waals surface area contributed by atoms with Crippen molar-refractivity contribution in [3.63, 3.8) is 0 Å². The number of H-pyrrole nitrogens is 1. The summed E-state index contributed by atoms with van der Waals surface area (Å²) < 4.78 is 0. The third-order valence-corrected chi connectivity index (χ3v) is 6.20. The molecule has 1 amide bonds. The molecule has 0 fully saturated rings. The van der Waals surface area contributed by atoms with E-state index in [-0.39, 0.29) is 17.2 Å². The molecule has 7 nitrogen and oxygen atoms in total. The molecule has 2 N–H and O–H groups in total. The van der Waals surface area contributed by atoms with Crippen LogP contribution < -0.4 is 10.9 Å². The highest BCUT2D eigenvalue weighted by Crippen LogP contribution is 2.37. The van der Waals surface area contributed by atoms with Gasteiger partial charge in [-0.2, -0.15) is 5.26 Å². The molecule has 2 aromatic heterocycles. The highest BCUT2D eigenvalue weighted by Gasteiger charge is 2.24. The molecule has 9 heteroatoms. The zero-order valence-electron chi connectivity index (χ0n) is 13.9. The Labute approximate surface area is 152 Å². The summed E-state index contributed by atoms with van der Waals surface area (Å²) in [5, 5.41) is 20.4. The summed E-state index contributed by atoms with van der Waals surface area (Å²) in [6, 6.07) is 2.23. The first-order valence-electron chi connectivity index (χ1n) is 7.95. The van der Waals surface area contributed by atoms with Crippen LogP contribution in [0.25, 0.3) is 0 Å². The Hall–Kier alpha value is -2.18. The van der Waals surface area contributed by atoms with Crippen LogP contribution in [0.2, 0.25) is 0 Å². The lowest BCUT2D eigenvalue weighted by Crippen LogP contribution is -2.23. The average molecular weight is 375 g/mol. The molecule has 2 heterocycles. The Morgan fingerprint density at radius 1 is 1.40 bits per heavy atom. The summed E-state index contributed by atoms with van der Waals surface area (Å²) in [6.07, 6.45) is 4.07. The van der Waals surface area contributed by atoms with E-state index in [1.165, 1.54) is 16.2 Å². The fourth-order valence-electron chi connectivity index (χ4n) is 2.64. The fourth-order valence-corrected chi connectivity index (χ4v) is 4.62. The quantitative estimate of drug-likeness (QED) is 0.794. The molecule has 130 valence electrons. The first-order chi connectivity index (χ1) is 12.0. The van der Waals surface area contributed by atoms with Gasteiger partial charge in [0.25, 0.3) is 5.56 Å². The Morgan fingerprint density at radius 3 is 2.88 bits per heavy atom. The van der Waals surface area contributed by atoms with E-state index in [2.05, 4.69) is 26.6 Å². The lowest BCUT2D eigenvalue weighted by Gasteiger charge is -2.10. The average Bonchev–Trinajstić information content (AvgIpc) is 2.95. The number of nitrogens with zero attached hydrogens (tertiary/aromatic N) is 3. The van der Waals surface area contributed by atoms with Gasteiger partial charge in [0, 0.05) is 4.88 Å². The number of thioether (sulfide) groups is 1. The zero-order chi connectivity index (χ0) is 18.0. The van der Waals surface area contributed by atoms with Crippen LogP contribution in [0.3, 0.4) is 0 Å². The summed E-state index contributed by atoms with van der Waals surface area (Å²) in [7, 11) is 0. The second-order valence-electron chi connectivity index (χ2n) is 5.82. The normalized spacial score (nSPS) is 14.4. The first-order valence-corrected chi connectivity index (χ1v) is 9.65. The van der Waals surface area contributed by atoms with Crippen LogP contribution in [0.1, 0.15) is 41.5 Å². The van der Waals surface area contributed by atoms with E-state index >= 15 is 0 Å². The molecule has 0 saturated heterocycles. The van der Waals surface area contributed by atoms with Crippen LogP contribution >= 0.6 is 23.1 Å². The topological polar surface area (TPSA) is 112 Å². The maximum atomic E-state index is 12.5. The third kappa shape index (κ3) is 3.75. The number of aromatic amines is 1. The Kier molecular flexibility index (Phi) is 5.20. The van der Waals surface area contributed by atoms with Gasteiger partial charge in [-0.1, -0.05) is 11.8 Å². The smallest absolute Gasteiger partial charge is 0.273 e. The number of hydrogen-bond donors (Lipinski definition) is 2. The molecule has 0 aliphatic heterocycles. The number of rotatable bonds is 4. The molecule has 1 aliphatic carbocycles. The minimum Gasteiger partial charge on any atom is -0.316 e. The van der Waals surface area contributed by atoms with E-state index < -0.39 is 5.25 Å². The molecule has 2 aromatic rings. The van der Waals surface area contributed by atoms with Crippen molar-refractivity contribution < 1.29 is 4.79 Å². The number of aromatic nitrogens is 3. The fraction of sp³-hybridized carbons (Fsp3) is 0.438. The molecule has 0 unspecified atom stereocenters. The summed E-state index contributed by atoms with van der Waals surface area (Å²) >= 11 is 2.62. The summed E-state index contributed by atoms with van der Waals surface area (Å²) in [5.41, 5.74) is 1.64. The minimum absolute atomic E-state index is 0.233. The van der Waals surface area contributed by atoms with Gasteiger partial charge in [0.15, 0.2) is 5.16 Å². The predicted octanol–water partition coefficient (Wildman–Crippen LogP) is 2.40. The number of anilines is 1. The standard InChI is InChI=1S/C16H17N5O2S2/c1-8-13(22)19-16(21-20-8)24-9(2)14(23)18-15-11(7-17)10-5-3-4-6-12(10)25-15/h9H,3-6H2,1-2H3,(H,18,23)(H,19,21,22)/t9-/m1/s1. The minimum atomic E-state index is -0.488. The number of hydrogen-bond acceptors (Lipinski definition) is 7. The number of carbonyl (C=O) groups is 1. The second-order valence-corrected chi connectivity index (χ2v) is 8.26. The van der Waals surface area contributed by atoms with Crippen LogP contribution in [-0.2, 0) is 17.6 Å². The lowest BCUT2D eigenvalue weighted by atomic mass is 9.96. The number of fused-ring (bicyclic) bond motifs is 1. The van der Waals surface area contributed by atoms with Crippen LogP contribution in [0.15, 0.2) is 9.95 Å². The lowest BCUT2D eigenvalue weighted by molar-refractivity contribution is -0.115. The number of amides is 1. The van der Waals surface area contributed by atoms with E-state index in [4.69, 9.17) is 0 Å². The molecule has 0 radical (unpaired) electrons. The van der Waals surface area contributed by atoms with Gasteiger partial charge in [0.2, 0.25) is 5.91 Å². The van der Waals surface area contributed by atoms with Gasteiger partial charge in [-0.25, -0.2) is 0 Å². The van der Waals surface area contributed by atoms with Crippen molar-refractivity contribution >= 4 is 34.0 Å². The van der Waals surface area contributed by atoms with Crippen molar-refractivity contribution in [1.82, 2.24) is 15.2 Å². The molecule has 0 aromatic carbocycles. The largest absolute Gasteiger partial charge is 0.316 e. The van der Waals surface area contributed by atoms with Gasteiger partial charge >= 0.3 is 0 Å². The molecule has 1 aliphatic rings. The molecule has 0 bridgehead atoms. The SMILES string of the molecule is Cc1nnc(S[C@H](C)C(=O)Nc2sc3c(c2C#N)CCCC3)[nH]c1=O.